The zero-order valence-corrected chi connectivity index (χ0v) is 28.7. The van der Waals surface area contributed by atoms with E-state index in [4.69, 9.17) is 9.47 Å². The SMILES string of the molecule is CCCCCCCCC(CC)C(=O)OCCN(CCOC(=O)C(CC)CCCCCCCC)C(=O)C([NH3+])Cc1ccccc1. The first-order valence-electron chi connectivity index (χ1n) is 17.9. The molecule has 0 radical (unpaired) electrons. The fourth-order valence-corrected chi connectivity index (χ4v) is 5.64. The maximum absolute atomic E-state index is 13.5. The highest BCUT2D eigenvalue weighted by Gasteiger charge is 2.26. The van der Waals surface area contributed by atoms with Crippen molar-refractivity contribution >= 4 is 17.8 Å². The minimum absolute atomic E-state index is 0.109. The average molecular weight is 618 g/mol. The van der Waals surface area contributed by atoms with Crippen LogP contribution in [0.5, 0.6) is 0 Å². The van der Waals surface area contributed by atoms with E-state index in [9.17, 15) is 14.4 Å². The van der Waals surface area contributed by atoms with Gasteiger partial charge in [0.15, 0.2) is 6.04 Å². The van der Waals surface area contributed by atoms with Crippen molar-refractivity contribution in [2.75, 3.05) is 26.3 Å². The molecule has 7 heteroatoms. The number of carbonyl (C=O) groups excluding carboxylic acids is 3. The Bertz CT molecular complexity index is 836. The van der Waals surface area contributed by atoms with Crippen LogP contribution in [0.2, 0.25) is 0 Å². The predicted octanol–water partition coefficient (Wildman–Crippen LogP) is 7.31. The van der Waals surface area contributed by atoms with E-state index in [1.165, 1.54) is 51.4 Å². The number of rotatable bonds is 27. The van der Waals surface area contributed by atoms with Crippen molar-refractivity contribution < 1.29 is 29.6 Å². The molecule has 3 unspecified atom stereocenters. The summed E-state index contributed by atoms with van der Waals surface area (Å²) in [6.45, 7) is 9.24. The number of amides is 1. The van der Waals surface area contributed by atoms with E-state index < -0.39 is 6.04 Å². The number of nitrogens with zero attached hydrogens (tertiary/aromatic N) is 1. The maximum Gasteiger partial charge on any atom is 0.308 e. The van der Waals surface area contributed by atoms with Gasteiger partial charge in [0.25, 0.3) is 5.91 Å². The van der Waals surface area contributed by atoms with Crippen molar-refractivity contribution in [3.05, 3.63) is 35.9 Å². The minimum Gasteiger partial charge on any atom is -0.464 e. The Kier molecular flexibility index (Phi) is 23.3. The molecule has 1 rings (SSSR count). The highest BCUT2D eigenvalue weighted by molar-refractivity contribution is 5.81. The number of esters is 2. The van der Waals surface area contributed by atoms with E-state index in [0.29, 0.717) is 6.42 Å². The third-order valence-corrected chi connectivity index (χ3v) is 8.66. The van der Waals surface area contributed by atoms with Gasteiger partial charge < -0.3 is 20.1 Å². The number of unbranched alkanes of at least 4 members (excludes halogenated alkanes) is 10. The Hall–Kier alpha value is -2.41. The predicted molar refractivity (Wildman–Crippen MR) is 179 cm³/mol. The average Bonchev–Trinajstić information content (AvgIpc) is 3.03. The molecule has 0 bridgehead atoms. The van der Waals surface area contributed by atoms with Crippen LogP contribution in [0, 0.1) is 11.8 Å². The number of carbonyl (C=O) groups is 3. The summed E-state index contributed by atoms with van der Waals surface area (Å²) in [4.78, 5) is 40.8. The zero-order valence-electron chi connectivity index (χ0n) is 28.7. The van der Waals surface area contributed by atoms with Crippen LogP contribution in [-0.4, -0.2) is 55.1 Å². The summed E-state index contributed by atoms with van der Waals surface area (Å²) in [5.41, 5.74) is 5.18. The van der Waals surface area contributed by atoms with Crippen LogP contribution >= 0.6 is 0 Å². The van der Waals surface area contributed by atoms with Gasteiger partial charge in [-0.15, -0.1) is 0 Å². The smallest absolute Gasteiger partial charge is 0.308 e. The maximum atomic E-state index is 13.5. The molecule has 0 aliphatic heterocycles. The van der Waals surface area contributed by atoms with Crippen molar-refractivity contribution in [3.63, 3.8) is 0 Å². The molecule has 7 nitrogen and oxygen atoms in total. The first-order valence-corrected chi connectivity index (χ1v) is 17.9. The van der Waals surface area contributed by atoms with E-state index >= 15 is 0 Å². The summed E-state index contributed by atoms with van der Waals surface area (Å²) in [5, 5.41) is 0. The number of hydrogen-bond donors (Lipinski definition) is 1. The molecule has 3 atom stereocenters. The molecule has 0 spiro atoms. The largest absolute Gasteiger partial charge is 0.464 e. The normalized spacial score (nSPS) is 13.2. The van der Waals surface area contributed by atoms with Crippen LogP contribution in [0.25, 0.3) is 0 Å². The van der Waals surface area contributed by atoms with Crippen molar-refractivity contribution in [1.29, 1.82) is 0 Å². The van der Waals surface area contributed by atoms with Crippen molar-refractivity contribution in [3.8, 4) is 0 Å². The molecule has 0 aromatic heterocycles. The second-order valence-electron chi connectivity index (χ2n) is 12.4. The molecule has 0 fully saturated rings. The summed E-state index contributed by atoms with van der Waals surface area (Å²) in [5.74, 6) is -0.712. The standard InChI is InChI=1S/C37H64N2O5/c1-5-9-11-13-15-20-24-32(7-3)36(41)43-28-26-39(35(40)34(38)30-31-22-18-17-19-23-31)27-29-44-37(42)33(8-4)25-21-16-14-12-10-6-2/h17-19,22-23,32-34H,5-16,20-21,24-30,38H2,1-4H3/p+1. The molecule has 0 saturated carbocycles. The summed E-state index contributed by atoms with van der Waals surface area (Å²) in [6, 6.07) is 9.34. The van der Waals surface area contributed by atoms with E-state index in [-0.39, 0.29) is 56.0 Å². The van der Waals surface area contributed by atoms with E-state index in [2.05, 4.69) is 19.6 Å². The van der Waals surface area contributed by atoms with Crippen molar-refractivity contribution in [2.45, 2.75) is 143 Å². The number of benzene rings is 1. The van der Waals surface area contributed by atoms with Crippen LogP contribution in [-0.2, 0) is 30.3 Å². The highest BCUT2D eigenvalue weighted by Crippen LogP contribution is 2.18. The molecular formula is C37H65N2O5+. The van der Waals surface area contributed by atoms with Crippen molar-refractivity contribution in [1.82, 2.24) is 4.90 Å². The highest BCUT2D eigenvalue weighted by atomic mass is 16.5. The Morgan fingerprint density at radius 2 is 1.09 bits per heavy atom. The van der Waals surface area contributed by atoms with Gasteiger partial charge in [-0.2, -0.15) is 0 Å². The van der Waals surface area contributed by atoms with Gasteiger partial charge in [-0.3, -0.25) is 14.4 Å². The Labute approximate surface area is 269 Å². The van der Waals surface area contributed by atoms with Gasteiger partial charge in [0.1, 0.15) is 13.2 Å². The molecule has 0 aliphatic rings. The third-order valence-electron chi connectivity index (χ3n) is 8.66. The van der Waals surface area contributed by atoms with Crippen molar-refractivity contribution in [2.24, 2.45) is 11.8 Å². The van der Waals surface area contributed by atoms with Gasteiger partial charge in [-0.05, 0) is 31.2 Å². The van der Waals surface area contributed by atoms with Gasteiger partial charge >= 0.3 is 11.9 Å². The van der Waals surface area contributed by atoms with Gasteiger partial charge in [-0.25, -0.2) is 0 Å². The molecule has 252 valence electrons. The lowest BCUT2D eigenvalue weighted by molar-refractivity contribution is -0.405. The number of hydrogen-bond acceptors (Lipinski definition) is 5. The molecule has 3 N–H and O–H groups in total. The molecule has 0 aliphatic carbocycles. The molecule has 44 heavy (non-hydrogen) atoms. The van der Waals surface area contributed by atoms with E-state index in [1.807, 2.05) is 44.2 Å². The Balaban J connectivity index is 2.65. The Morgan fingerprint density at radius 1 is 0.659 bits per heavy atom. The molecule has 1 aromatic carbocycles. The minimum atomic E-state index is -0.490. The van der Waals surface area contributed by atoms with E-state index in [0.717, 1.165) is 56.9 Å². The van der Waals surface area contributed by atoms with Gasteiger partial charge in [0, 0.05) is 6.42 Å². The molecule has 0 saturated heterocycles. The van der Waals surface area contributed by atoms with Gasteiger partial charge in [0.05, 0.1) is 24.9 Å². The monoisotopic (exact) mass is 617 g/mol. The third kappa shape index (κ3) is 17.8. The van der Waals surface area contributed by atoms with Crippen LogP contribution in [0.4, 0.5) is 0 Å². The lowest BCUT2D eigenvalue weighted by Crippen LogP contribution is -2.69. The first-order chi connectivity index (χ1) is 21.4. The fourth-order valence-electron chi connectivity index (χ4n) is 5.64. The molecular weight excluding hydrogens is 552 g/mol. The van der Waals surface area contributed by atoms with Crippen LogP contribution in [0.3, 0.4) is 0 Å². The summed E-state index contributed by atoms with van der Waals surface area (Å²) < 4.78 is 11.3. The molecule has 1 amide bonds. The zero-order chi connectivity index (χ0) is 32.4. The van der Waals surface area contributed by atoms with Crippen LogP contribution in [0.1, 0.15) is 136 Å². The van der Waals surface area contributed by atoms with Gasteiger partial charge in [-0.1, -0.05) is 135 Å². The van der Waals surface area contributed by atoms with E-state index in [1.54, 1.807) is 4.90 Å². The second kappa shape index (κ2) is 25.9. The topological polar surface area (TPSA) is 101 Å². The summed E-state index contributed by atoms with van der Waals surface area (Å²) >= 11 is 0. The van der Waals surface area contributed by atoms with Crippen LogP contribution in [0.15, 0.2) is 30.3 Å². The van der Waals surface area contributed by atoms with Crippen LogP contribution < -0.4 is 5.73 Å². The lowest BCUT2D eigenvalue weighted by atomic mass is 9.98. The first kappa shape index (κ1) is 39.6. The lowest BCUT2D eigenvalue weighted by Gasteiger charge is -2.25. The summed E-state index contributed by atoms with van der Waals surface area (Å²) in [7, 11) is 0. The number of quaternary nitrogens is 1. The van der Waals surface area contributed by atoms with Gasteiger partial charge in [0.2, 0.25) is 0 Å². The Morgan fingerprint density at radius 3 is 1.52 bits per heavy atom. The quantitative estimate of drug-likeness (QED) is 0.0824. The second-order valence-corrected chi connectivity index (χ2v) is 12.4. The summed E-state index contributed by atoms with van der Waals surface area (Å²) in [6.07, 6.45) is 18.0. The molecule has 0 heterocycles. The number of ether oxygens (including phenoxy) is 2. The fraction of sp³-hybridized carbons (Fsp3) is 0.757. The molecule has 1 aromatic rings.